The van der Waals surface area contributed by atoms with Crippen molar-refractivity contribution in [2.45, 2.75) is 6.54 Å². The molecule has 0 unspecified atom stereocenters. The average molecular weight is 328 g/mol. The molecule has 0 saturated carbocycles. The summed E-state index contributed by atoms with van der Waals surface area (Å²) in [6, 6.07) is 14.5. The van der Waals surface area contributed by atoms with Crippen LogP contribution in [-0.4, -0.2) is 5.91 Å². The highest BCUT2D eigenvalue weighted by molar-refractivity contribution is 9.10. The molecule has 1 N–H and O–H groups in total. The zero-order valence-electron chi connectivity index (χ0n) is 10.7. The monoisotopic (exact) mass is 327 g/mol. The van der Waals surface area contributed by atoms with Crippen LogP contribution in [0.25, 0.3) is 0 Å². The standard InChI is InChI=1S/C16H12BrN2O/c1-11-8-14(17)6-7-15(11)16(20)19-10-13-4-2-12(9-18)3-5-13/h2-8H,1,10H2,(H,19,20). The van der Waals surface area contributed by atoms with Crippen LogP contribution in [0.5, 0.6) is 0 Å². The van der Waals surface area contributed by atoms with Crippen LogP contribution in [0.15, 0.2) is 46.9 Å². The smallest absolute Gasteiger partial charge is 0.251 e. The predicted molar refractivity (Wildman–Crippen MR) is 80.9 cm³/mol. The van der Waals surface area contributed by atoms with Gasteiger partial charge in [0.15, 0.2) is 0 Å². The first-order chi connectivity index (χ1) is 9.60. The van der Waals surface area contributed by atoms with E-state index in [0.29, 0.717) is 23.2 Å². The van der Waals surface area contributed by atoms with Gasteiger partial charge in [-0.05, 0) is 48.4 Å². The number of hydrogen-bond acceptors (Lipinski definition) is 2. The van der Waals surface area contributed by atoms with E-state index in [1.54, 1.807) is 24.3 Å². The van der Waals surface area contributed by atoms with Crippen LogP contribution < -0.4 is 5.32 Å². The molecule has 0 saturated heterocycles. The Morgan fingerprint density at radius 1 is 1.25 bits per heavy atom. The maximum absolute atomic E-state index is 12.1. The zero-order valence-corrected chi connectivity index (χ0v) is 12.3. The van der Waals surface area contributed by atoms with Gasteiger partial charge in [-0.3, -0.25) is 4.79 Å². The van der Waals surface area contributed by atoms with Gasteiger partial charge in [0.1, 0.15) is 0 Å². The fraction of sp³-hybridized carbons (Fsp3) is 0.0625. The van der Waals surface area contributed by atoms with Crippen molar-refractivity contribution < 1.29 is 4.79 Å². The molecule has 99 valence electrons. The van der Waals surface area contributed by atoms with Gasteiger partial charge in [0.2, 0.25) is 0 Å². The molecular formula is C16H12BrN2O. The van der Waals surface area contributed by atoms with E-state index in [1.165, 1.54) is 0 Å². The molecule has 0 atom stereocenters. The normalized spacial score (nSPS) is 9.85. The third-order valence-electron chi connectivity index (χ3n) is 2.85. The van der Waals surface area contributed by atoms with Gasteiger partial charge >= 0.3 is 0 Å². The van der Waals surface area contributed by atoms with Crippen molar-refractivity contribution in [2.24, 2.45) is 0 Å². The number of rotatable bonds is 3. The van der Waals surface area contributed by atoms with Crippen molar-refractivity contribution >= 4 is 21.8 Å². The Bertz CT molecular complexity index is 672. The zero-order chi connectivity index (χ0) is 14.5. The Hall–Kier alpha value is -2.12. The minimum atomic E-state index is -0.160. The second-order valence-electron chi connectivity index (χ2n) is 4.29. The SMILES string of the molecule is [CH2]c1cc(Br)ccc1C(=O)NCc1ccc(C#N)cc1. The van der Waals surface area contributed by atoms with Crippen molar-refractivity contribution in [3.05, 3.63) is 76.1 Å². The molecule has 0 spiro atoms. The molecule has 1 amide bonds. The molecule has 2 rings (SSSR count). The Kier molecular flexibility index (Phi) is 4.54. The summed E-state index contributed by atoms with van der Waals surface area (Å²) < 4.78 is 0.895. The number of nitrogens with one attached hydrogen (secondary N) is 1. The Balaban J connectivity index is 2.03. The number of benzene rings is 2. The predicted octanol–water partition coefficient (Wildman–Crippen LogP) is 3.43. The molecule has 4 heteroatoms. The van der Waals surface area contributed by atoms with E-state index in [4.69, 9.17) is 5.26 Å². The third kappa shape index (κ3) is 3.46. The van der Waals surface area contributed by atoms with Crippen LogP contribution >= 0.6 is 15.9 Å². The van der Waals surface area contributed by atoms with Crippen LogP contribution in [0, 0.1) is 18.3 Å². The molecule has 0 aliphatic heterocycles. The highest BCUT2D eigenvalue weighted by Crippen LogP contribution is 2.15. The molecule has 1 radical (unpaired) electrons. The number of halogens is 1. The highest BCUT2D eigenvalue weighted by Gasteiger charge is 2.08. The van der Waals surface area contributed by atoms with E-state index in [1.807, 2.05) is 18.2 Å². The van der Waals surface area contributed by atoms with Gasteiger partial charge in [0.05, 0.1) is 11.6 Å². The number of hydrogen-bond donors (Lipinski definition) is 1. The van der Waals surface area contributed by atoms with Gasteiger partial charge in [-0.1, -0.05) is 28.1 Å². The van der Waals surface area contributed by atoms with E-state index in [9.17, 15) is 4.79 Å². The fourth-order valence-electron chi connectivity index (χ4n) is 1.76. The van der Waals surface area contributed by atoms with Crippen molar-refractivity contribution in [2.75, 3.05) is 0 Å². The van der Waals surface area contributed by atoms with Crippen LogP contribution in [0.3, 0.4) is 0 Å². The number of amides is 1. The van der Waals surface area contributed by atoms with Gasteiger partial charge in [-0.25, -0.2) is 0 Å². The van der Waals surface area contributed by atoms with Crippen LogP contribution in [0.1, 0.15) is 27.0 Å². The van der Waals surface area contributed by atoms with Crippen molar-refractivity contribution in [1.82, 2.24) is 5.32 Å². The largest absolute Gasteiger partial charge is 0.348 e. The van der Waals surface area contributed by atoms with Crippen LogP contribution in [0.4, 0.5) is 0 Å². The summed E-state index contributed by atoms with van der Waals surface area (Å²) in [5, 5.41) is 11.6. The molecule has 0 bridgehead atoms. The summed E-state index contributed by atoms with van der Waals surface area (Å²) in [5.41, 5.74) is 2.78. The number of nitriles is 1. The van der Waals surface area contributed by atoms with Crippen molar-refractivity contribution in [1.29, 1.82) is 5.26 Å². The molecule has 2 aromatic rings. The second-order valence-corrected chi connectivity index (χ2v) is 5.21. The van der Waals surface area contributed by atoms with Gasteiger partial charge < -0.3 is 5.32 Å². The third-order valence-corrected chi connectivity index (χ3v) is 3.34. The van der Waals surface area contributed by atoms with Gasteiger partial charge in [-0.15, -0.1) is 0 Å². The lowest BCUT2D eigenvalue weighted by Gasteiger charge is -2.08. The lowest BCUT2D eigenvalue weighted by atomic mass is 10.1. The van der Waals surface area contributed by atoms with Crippen LogP contribution in [-0.2, 0) is 6.54 Å². The molecule has 0 aliphatic carbocycles. The van der Waals surface area contributed by atoms with Crippen molar-refractivity contribution in [3.8, 4) is 6.07 Å². The molecule has 0 aliphatic rings. The maximum Gasteiger partial charge on any atom is 0.251 e. The van der Waals surface area contributed by atoms with Gasteiger partial charge in [0, 0.05) is 16.6 Å². The van der Waals surface area contributed by atoms with E-state index in [2.05, 4.69) is 34.2 Å². The summed E-state index contributed by atoms with van der Waals surface area (Å²) in [6.45, 7) is 4.27. The molecule has 0 heterocycles. The minimum absolute atomic E-state index is 0.160. The number of nitrogens with zero attached hydrogens (tertiary/aromatic N) is 1. The molecule has 20 heavy (non-hydrogen) atoms. The molecule has 0 fully saturated rings. The Morgan fingerprint density at radius 3 is 2.55 bits per heavy atom. The number of carbonyl (C=O) groups excluding carboxylic acids is 1. The maximum atomic E-state index is 12.1. The van der Waals surface area contributed by atoms with Crippen LogP contribution in [0.2, 0.25) is 0 Å². The summed E-state index contributed by atoms with van der Waals surface area (Å²) in [7, 11) is 0. The Morgan fingerprint density at radius 2 is 1.95 bits per heavy atom. The molecular weight excluding hydrogens is 316 g/mol. The van der Waals surface area contributed by atoms with Gasteiger partial charge in [0.25, 0.3) is 5.91 Å². The summed E-state index contributed by atoms with van der Waals surface area (Å²) in [6.07, 6.45) is 0. The fourth-order valence-corrected chi connectivity index (χ4v) is 2.17. The first-order valence-electron chi connectivity index (χ1n) is 5.99. The minimum Gasteiger partial charge on any atom is -0.348 e. The van der Waals surface area contributed by atoms with E-state index >= 15 is 0 Å². The van der Waals surface area contributed by atoms with E-state index in [0.717, 1.165) is 10.0 Å². The molecule has 2 aromatic carbocycles. The topological polar surface area (TPSA) is 52.9 Å². The first kappa shape index (κ1) is 14.3. The van der Waals surface area contributed by atoms with E-state index in [-0.39, 0.29) is 5.91 Å². The average Bonchev–Trinajstić information content (AvgIpc) is 2.45. The van der Waals surface area contributed by atoms with E-state index < -0.39 is 0 Å². The Labute approximate surface area is 126 Å². The first-order valence-corrected chi connectivity index (χ1v) is 6.78. The van der Waals surface area contributed by atoms with Crippen molar-refractivity contribution in [3.63, 3.8) is 0 Å². The summed E-state index contributed by atoms with van der Waals surface area (Å²) in [4.78, 5) is 12.1. The lowest BCUT2D eigenvalue weighted by Crippen LogP contribution is -2.23. The second kappa shape index (κ2) is 6.36. The molecule has 3 nitrogen and oxygen atoms in total. The van der Waals surface area contributed by atoms with Gasteiger partial charge in [-0.2, -0.15) is 5.26 Å². The number of carbonyl (C=O) groups is 1. The lowest BCUT2D eigenvalue weighted by molar-refractivity contribution is 0.0950. The summed E-state index contributed by atoms with van der Waals surface area (Å²) >= 11 is 3.34. The molecule has 0 aromatic heterocycles. The highest BCUT2D eigenvalue weighted by atomic mass is 79.9. The quantitative estimate of drug-likeness (QED) is 0.938. The summed E-state index contributed by atoms with van der Waals surface area (Å²) in [5.74, 6) is -0.160.